The molecule has 0 aromatic heterocycles. The summed E-state index contributed by atoms with van der Waals surface area (Å²) in [5, 5.41) is 0. The van der Waals surface area contributed by atoms with Gasteiger partial charge in [0.15, 0.2) is 0 Å². The van der Waals surface area contributed by atoms with Crippen LogP contribution in [0, 0.1) is 11.3 Å². The van der Waals surface area contributed by atoms with E-state index in [1.807, 2.05) is 6.07 Å². The molecule has 1 fully saturated rings. The number of rotatable bonds is 2. The second kappa shape index (κ2) is 5.78. The fourth-order valence-electron chi connectivity index (χ4n) is 2.74. The molecule has 1 heterocycles. The van der Waals surface area contributed by atoms with Gasteiger partial charge >= 0.3 is 0 Å². The fraction of sp³-hybridized carbons (Fsp3) is 0.600. The highest BCUT2D eigenvalue weighted by Crippen LogP contribution is 2.35. The van der Waals surface area contributed by atoms with E-state index in [0.29, 0.717) is 23.9 Å². The first kappa shape index (κ1) is 16.0. The zero-order valence-corrected chi connectivity index (χ0v) is 14.7. The van der Waals surface area contributed by atoms with Gasteiger partial charge in [-0.15, -0.1) is 0 Å². The van der Waals surface area contributed by atoms with E-state index in [2.05, 4.69) is 36.7 Å². The summed E-state index contributed by atoms with van der Waals surface area (Å²) in [6.07, 6.45) is 1.88. The Morgan fingerprint density at radius 3 is 2.30 bits per heavy atom. The average Bonchev–Trinajstić information content (AvgIpc) is 2.38. The monoisotopic (exact) mass is 359 g/mol. The number of benzene rings is 1. The average molecular weight is 360 g/mol. The Kier molecular flexibility index (Phi) is 4.62. The SMILES string of the molecule is CC(C)(C)C1CCN(S(=O)(=O)c2cccc(Br)c2)CC1. The summed E-state index contributed by atoms with van der Waals surface area (Å²) < 4.78 is 27.6. The van der Waals surface area contributed by atoms with Crippen LogP contribution in [-0.2, 0) is 10.0 Å². The predicted molar refractivity (Wildman–Crippen MR) is 85.1 cm³/mol. The summed E-state index contributed by atoms with van der Waals surface area (Å²) in [6.45, 7) is 7.94. The lowest BCUT2D eigenvalue weighted by atomic mass is 9.76. The van der Waals surface area contributed by atoms with Crippen LogP contribution < -0.4 is 0 Å². The molecule has 1 aliphatic heterocycles. The summed E-state index contributed by atoms with van der Waals surface area (Å²) in [5.41, 5.74) is 0.256. The summed E-state index contributed by atoms with van der Waals surface area (Å²) >= 11 is 3.33. The molecule has 1 saturated heterocycles. The van der Waals surface area contributed by atoms with Crippen molar-refractivity contribution in [3.63, 3.8) is 0 Å². The third-order valence-electron chi connectivity index (χ3n) is 4.11. The van der Waals surface area contributed by atoms with Gasteiger partial charge in [0, 0.05) is 17.6 Å². The second-order valence-corrected chi connectivity index (χ2v) is 9.36. The lowest BCUT2D eigenvalue weighted by molar-refractivity contribution is 0.154. The maximum absolute atomic E-state index is 12.6. The largest absolute Gasteiger partial charge is 0.243 e. The molecular formula is C15H22BrNO2S. The number of hydrogen-bond acceptors (Lipinski definition) is 2. The summed E-state index contributed by atoms with van der Waals surface area (Å²) in [7, 11) is -3.35. The molecule has 0 saturated carbocycles. The second-order valence-electron chi connectivity index (χ2n) is 6.50. The van der Waals surface area contributed by atoms with Crippen LogP contribution in [0.4, 0.5) is 0 Å². The minimum atomic E-state index is -3.35. The van der Waals surface area contributed by atoms with Crippen molar-refractivity contribution in [3.8, 4) is 0 Å². The van der Waals surface area contributed by atoms with Crippen molar-refractivity contribution in [2.24, 2.45) is 11.3 Å². The van der Waals surface area contributed by atoms with Gasteiger partial charge in [0.2, 0.25) is 10.0 Å². The van der Waals surface area contributed by atoms with Crippen molar-refractivity contribution in [2.45, 2.75) is 38.5 Å². The third-order valence-corrected chi connectivity index (χ3v) is 6.50. The number of halogens is 1. The van der Waals surface area contributed by atoms with Crippen LogP contribution in [0.5, 0.6) is 0 Å². The van der Waals surface area contributed by atoms with Crippen LogP contribution in [0.3, 0.4) is 0 Å². The molecule has 0 radical (unpaired) electrons. The molecule has 20 heavy (non-hydrogen) atoms. The van der Waals surface area contributed by atoms with Gasteiger partial charge in [0.25, 0.3) is 0 Å². The normalized spacial score (nSPS) is 19.2. The molecule has 2 rings (SSSR count). The molecule has 0 amide bonds. The van der Waals surface area contributed by atoms with E-state index < -0.39 is 10.0 Å². The Hall–Kier alpha value is -0.390. The molecule has 112 valence electrons. The summed E-state index contributed by atoms with van der Waals surface area (Å²) in [4.78, 5) is 0.376. The third kappa shape index (κ3) is 3.43. The Morgan fingerprint density at radius 1 is 1.20 bits per heavy atom. The molecular weight excluding hydrogens is 338 g/mol. The van der Waals surface area contributed by atoms with E-state index in [1.54, 1.807) is 22.5 Å². The number of piperidine rings is 1. The van der Waals surface area contributed by atoms with Crippen LogP contribution in [0.2, 0.25) is 0 Å². The predicted octanol–water partition coefficient (Wildman–Crippen LogP) is 3.90. The van der Waals surface area contributed by atoms with Crippen LogP contribution >= 0.6 is 15.9 Å². The van der Waals surface area contributed by atoms with Gasteiger partial charge in [-0.25, -0.2) is 8.42 Å². The van der Waals surface area contributed by atoms with Gasteiger partial charge in [-0.05, 0) is 42.4 Å². The molecule has 0 bridgehead atoms. The van der Waals surface area contributed by atoms with Crippen molar-refractivity contribution in [1.29, 1.82) is 0 Å². The standard InChI is InChI=1S/C15H22BrNO2S/c1-15(2,3)12-7-9-17(10-8-12)20(18,19)14-6-4-5-13(16)11-14/h4-6,11-12H,7-10H2,1-3H3. The van der Waals surface area contributed by atoms with Crippen LogP contribution in [0.15, 0.2) is 33.6 Å². The van der Waals surface area contributed by atoms with Crippen molar-refractivity contribution >= 4 is 26.0 Å². The molecule has 0 unspecified atom stereocenters. The van der Waals surface area contributed by atoms with Gasteiger partial charge in [0.05, 0.1) is 4.90 Å². The Morgan fingerprint density at radius 2 is 1.80 bits per heavy atom. The Labute approximate surface area is 130 Å². The van der Waals surface area contributed by atoms with Crippen LogP contribution in [-0.4, -0.2) is 25.8 Å². The first-order valence-electron chi connectivity index (χ1n) is 6.97. The Balaban J connectivity index is 2.14. The lowest BCUT2D eigenvalue weighted by Crippen LogP contribution is -2.41. The molecule has 3 nitrogen and oxygen atoms in total. The molecule has 1 aliphatic rings. The first-order valence-corrected chi connectivity index (χ1v) is 9.20. The minimum absolute atomic E-state index is 0.256. The van der Waals surface area contributed by atoms with E-state index >= 15 is 0 Å². The van der Waals surface area contributed by atoms with Gasteiger partial charge in [0.1, 0.15) is 0 Å². The van der Waals surface area contributed by atoms with Crippen LogP contribution in [0.1, 0.15) is 33.6 Å². The fourth-order valence-corrected chi connectivity index (χ4v) is 4.81. The molecule has 1 aromatic carbocycles. The van der Waals surface area contributed by atoms with E-state index in [9.17, 15) is 8.42 Å². The first-order chi connectivity index (χ1) is 9.21. The number of hydrogen-bond donors (Lipinski definition) is 0. The summed E-state index contributed by atoms with van der Waals surface area (Å²) in [6, 6.07) is 6.94. The van der Waals surface area contributed by atoms with E-state index in [1.165, 1.54) is 0 Å². The Bertz CT molecular complexity index is 570. The maximum atomic E-state index is 12.6. The topological polar surface area (TPSA) is 37.4 Å². The van der Waals surface area contributed by atoms with E-state index in [0.717, 1.165) is 17.3 Å². The highest BCUT2D eigenvalue weighted by atomic mass is 79.9. The number of sulfonamides is 1. The minimum Gasteiger partial charge on any atom is -0.207 e. The molecule has 1 aromatic rings. The zero-order chi connectivity index (χ0) is 15.0. The lowest BCUT2D eigenvalue weighted by Gasteiger charge is -2.38. The molecule has 0 spiro atoms. The highest BCUT2D eigenvalue weighted by molar-refractivity contribution is 9.10. The van der Waals surface area contributed by atoms with Crippen molar-refractivity contribution in [3.05, 3.63) is 28.7 Å². The maximum Gasteiger partial charge on any atom is 0.243 e. The van der Waals surface area contributed by atoms with Gasteiger partial charge in [-0.1, -0.05) is 42.8 Å². The van der Waals surface area contributed by atoms with Crippen LogP contribution in [0.25, 0.3) is 0 Å². The number of nitrogens with zero attached hydrogens (tertiary/aromatic N) is 1. The van der Waals surface area contributed by atoms with E-state index in [-0.39, 0.29) is 5.41 Å². The van der Waals surface area contributed by atoms with Gasteiger partial charge < -0.3 is 0 Å². The van der Waals surface area contributed by atoms with Gasteiger partial charge in [-0.2, -0.15) is 4.31 Å². The molecule has 0 N–H and O–H groups in total. The molecule has 5 heteroatoms. The smallest absolute Gasteiger partial charge is 0.207 e. The zero-order valence-electron chi connectivity index (χ0n) is 12.3. The quantitative estimate of drug-likeness (QED) is 0.802. The van der Waals surface area contributed by atoms with Crippen molar-refractivity contribution in [2.75, 3.05) is 13.1 Å². The van der Waals surface area contributed by atoms with Crippen molar-refractivity contribution in [1.82, 2.24) is 4.31 Å². The highest BCUT2D eigenvalue weighted by Gasteiger charge is 2.33. The molecule has 0 atom stereocenters. The van der Waals surface area contributed by atoms with E-state index in [4.69, 9.17) is 0 Å². The van der Waals surface area contributed by atoms with Gasteiger partial charge in [-0.3, -0.25) is 0 Å². The molecule has 0 aliphatic carbocycles. The summed E-state index contributed by atoms with van der Waals surface area (Å²) in [5.74, 6) is 0.594. The van der Waals surface area contributed by atoms with Crippen molar-refractivity contribution < 1.29 is 8.42 Å².